The summed E-state index contributed by atoms with van der Waals surface area (Å²) >= 11 is 1.35. The van der Waals surface area contributed by atoms with Crippen molar-refractivity contribution >= 4 is 40.3 Å². The first-order valence-electron chi connectivity index (χ1n) is 12.7. The number of carbonyl (C=O) groups is 3. The van der Waals surface area contributed by atoms with Crippen LogP contribution in [0.15, 0.2) is 48.0 Å². The van der Waals surface area contributed by atoms with Crippen molar-refractivity contribution in [3.8, 4) is 17.6 Å². The molecule has 1 amide bonds. The molecule has 0 saturated carbocycles. The second-order valence-electron chi connectivity index (χ2n) is 8.96. The number of nitrogens with zero attached hydrogens (tertiary/aromatic N) is 1. The van der Waals surface area contributed by atoms with Crippen LogP contribution in [-0.4, -0.2) is 36.7 Å². The van der Waals surface area contributed by atoms with Gasteiger partial charge in [0.2, 0.25) is 0 Å². The predicted molar refractivity (Wildman–Crippen MR) is 150 cm³/mol. The number of nitriles is 1. The molecule has 2 aromatic carbocycles. The van der Waals surface area contributed by atoms with Crippen molar-refractivity contribution in [1.29, 1.82) is 5.26 Å². The van der Waals surface area contributed by atoms with Crippen LogP contribution in [0.25, 0.3) is 6.08 Å². The van der Waals surface area contributed by atoms with Gasteiger partial charge in [-0.15, -0.1) is 11.3 Å². The number of amides is 1. The Morgan fingerprint density at radius 2 is 1.93 bits per heavy atom. The molecule has 0 bridgehead atoms. The Bertz CT molecular complexity index is 1520. The van der Waals surface area contributed by atoms with Gasteiger partial charge < -0.3 is 24.6 Å². The van der Waals surface area contributed by atoms with Crippen molar-refractivity contribution in [2.75, 3.05) is 19.0 Å². The third-order valence-electron chi connectivity index (χ3n) is 6.31. The van der Waals surface area contributed by atoms with Gasteiger partial charge in [-0.25, -0.2) is 9.59 Å². The number of carbonyl (C=O) groups excluding carboxylic acids is 2. The topological polar surface area (TPSA) is 135 Å². The van der Waals surface area contributed by atoms with Crippen LogP contribution in [0, 0.1) is 11.3 Å². The summed E-state index contributed by atoms with van der Waals surface area (Å²) in [5.41, 5.74) is 2.51. The summed E-state index contributed by atoms with van der Waals surface area (Å²) in [6.45, 7) is 2.06. The van der Waals surface area contributed by atoms with E-state index in [2.05, 4.69) is 5.32 Å². The number of carboxylic acids is 1. The highest BCUT2D eigenvalue weighted by Crippen LogP contribution is 2.39. The fourth-order valence-electron chi connectivity index (χ4n) is 4.41. The Morgan fingerprint density at radius 1 is 1.12 bits per heavy atom. The van der Waals surface area contributed by atoms with Crippen molar-refractivity contribution in [1.82, 2.24) is 0 Å². The lowest BCUT2D eigenvalue weighted by atomic mass is 9.95. The van der Waals surface area contributed by atoms with Crippen molar-refractivity contribution in [3.63, 3.8) is 0 Å². The Hall–Kier alpha value is -4.62. The second-order valence-corrected chi connectivity index (χ2v) is 10.1. The minimum absolute atomic E-state index is 0.117. The molecule has 2 N–H and O–H groups in total. The maximum atomic E-state index is 13.1. The van der Waals surface area contributed by atoms with E-state index in [4.69, 9.17) is 14.2 Å². The Balaban J connectivity index is 1.53. The van der Waals surface area contributed by atoms with Crippen LogP contribution in [0.1, 0.15) is 62.0 Å². The maximum Gasteiger partial charge on any atom is 0.341 e. The molecule has 9 nitrogen and oxygen atoms in total. The third kappa shape index (κ3) is 6.50. The zero-order chi connectivity index (χ0) is 28.6. The standard InChI is InChI=1S/C30H28N2O7S/c1-3-38-30(36)26-22-9-4-5-10-25(22)40-28(26)32-27(33)21(16-31)13-18-11-12-23(24(15-18)37-2)39-17-19-7-6-8-20(14-19)29(34)35/h6-8,11-15H,3-5,9-10,17H2,1-2H3,(H,32,33)(H,34,35)/b21-13+. The number of anilines is 1. The van der Waals surface area contributed by atoms with Crippen LogP contribution in [0.2, 0.25) is 0 Å². The number of hydrogen-bond donors (Lipinski definition) is 2. The van der Waals surface area contributed by atoms with Gasteiger partial charge in [-0.1, -0.05) is 18.2 Å². The number of rotatable bonds is 10. The number of nitrogens with one attached hydrogen (secondary N) is 1. The number of ether oxygens (including phenoxy) is 3. The second kappa shape index (κ2) is 13.0. The fourth-order valence-corrected chi connectivity index (χ4v) is 5.68. The number of carboxylic acid groups (broad SMARTS) is 1. The van der Waals surface area contributed by atoms with Gasteiger partial charge in [-0.05, 0) is 79.6 Å². The minimum atomic E-state index is -1.02. The Labute approximate surface area is 235 Å². The van der Waals surface area contributed by atoms with Crippen molar-refractivity contribution in [2.24, 2.45) is 0 Å². The largest absolute Gasteiger partial charge is 0.493 e. The van der Waals surface area contributed by atoms with Crippen LogP contribution in [-0.2, 0) is 29.0 Å². The van der Waals surface area contributed by atoms with Crippen LogP contribution in [0.5, 0.6) is 11.5 Å². The quantitative estimate of drug-likeness (QED) is 0.185. The molecule has 0 fully saturated rings. The number of aromatic carboxylic acids is 1. The summed E-state index contributed by atoms with van der Waals surface area (Å²) < 4.78 is 16.5. The molecule has 0 atom stereocenters. The molecule has 3 aromatic rings. The smallest absolute Gasteiger partial charge is 0.341 e. The molecule has 1 aromatic heterocycles. The van der Waals surface area contributed by atoms with Gasteiger partial charge >= 0.3 is 11.9 Å². The molecule has 0 saturated heterocycles. The van der Waals surface area contributed by atoms with Gasteiger partial charge in [-0.2, -0.15) is 5.26 Å². The molecule has 1 aliphatic carbocycles. The van der Waals surface area contributed by atoms with Gasteiger partial charge in [0.15, 0.2) is 11.5 Å². The van der Waals surface area contributed by atoms with E-state index >= 15 is 0 Å². The van der Waals surface area contributed by atoms with E-state index in [-0.39, 0.29) is 24.4 Å². The van der Waals surface area contributed by atoms with Crippen LogP contribution in [0.4, 0.5) is 5.00 Å². The molecule has 1 heterocycles. The lowest BCUT2D eigenvalue weighted by Crippen LogP contribution is -2.16. The van der Waals surface area contributed by atoms with Gasteiger partial charge in [0, 0.05) is 4.88 Å². The van der Waals surface area contributed by atoms with E-state index in [9.17, 15) is 24.8 Å². The molecule has 206 valence electrons. The number of methoxy groups -OCH3 is 1. The number of aryl methyl sites for hydroxylation is 1. The summed E-state index contributed by atoms with van der Waals surface area (Å²) in [5.74, 6) is -1.36. The molecular weight excluding hydrogens is 532 g/mol. The summed E-state index contributed by atoms with van der Waals surface area (Å²) in [7, 11) is 1.47. The van der Waals surface area contributed by atoms with E-state index in [0.717, 1.165) is 36.1 Å². The van der Waals surface area contributed by atoms with Crippen molar-refractivity contribution < 1.29 is 33.7 Å². The zero-order valence-electron chi connectivity index (χ0n) is 22.1. The van der Waals surface area contributed by atoms with Crippen LogP contribution < -0.4 is 14.8 Å². The minimum Gasteiger partial charge on any atom is -0.493 e. The first-order chi connectivity index (χ1) is 19.3. The number of fused-ring (bicyclic) bond motifs is 1. The van der Waals surface area contributed by atoms with Crippen molar-refractivity contribution in [2.45, 2.75) is 39.2 Å². The monoisotopic (exact) mass is 560 g/mol. The van der Waals surface area contributed by atoms with E-state index in [1.54, 1.807) is 37.3 Å². The SMILES string of the molecule is CCOC(=O)c1c(NC(=O)/C(C#N)=C/c2ccc(OCc3cccc(C(=O)O)c3)c(OC)c2)sc2c1CCCC2. The number of benzene rings is 2. The highest BCUT2D eigenvalue weighted by Gasteiger charge is 2.27. The molecule has 1 aliphatic rings. The normalized spacial score (nSPS) is 12.6. The average molecular weight is 561 g/mol. The highest BCUT2D eigenvalue weighted by molar-refractivity contribution is 7.17. The summed E-state index contributed by atoms with van der Waals surface area (Å²) in [4.78, 5) is 38.1. The van der Waals surface area contributed by atoms with E-state index in [1.807, 2.05) is 6.07 Å². The fraction of sp³-hybridized carbons (Fsp3) is 0.267. The molecule has 40 heavy (non-hydrogen) atoms. The highest BCUT2D eigenvalue weighted by atomic mass is 32.1. The Morgan fingerprint density at radius 3 is 2.65 bits per heavy atom. The van der Waals surface area contributed by atoms with Gasteiger partial charge in [-0.3, -0.25) is 4.79 Å². The number of thiophene rings is 1. The van der Waals surface area contributed by atoms with E-state index < -0.39 is 17.8 Å². The van der Waals surface area contributed by atoms with Crippen LogP contribution in [0.3, 0.4) is 0 Å². The van der Waals surface area contributed by atoms with Gasteiger partial charge in [0.1, 0.15) is 23.3 Å². The lowest BCUT2D eigenvalue weighted by Gasteiger charge is -2.12. The average Bonchev–Trinajstić information content (AvgIpc) is 3.33. The summed E-state index contributed by atoms with van der Waals surface area (Å²) in [5, 5.41) is 22.1. The molecule has 0 aliphatic heterocycles. The molecule has 10 heteroatoms. The van der Waals surface area contributed by atoms with Gasteiger partial charge in [0.05, 0.1) is 24.8 Å². The predicted octanol–water partition coefficient (Wildman–Crippen LogP) is 5.64. The van der Waals surface area contributed by atoms with E-state index in [0.29, 0.717) is 33.2 Å². The number of hydrogen-bond acceptors (Lipinski definition) is 8. The van der Waals surface area contributed by atoms with Crippen molar-refractivity contribution in [3.05, 3.63) is 80.7 Å². The Kier molecular flexibility index (Phi) is 9.19. The molecule has 0 unspecified atom stereocenters. The lowest BCUT2D eigenvalue weighted by molar-refractivity contribution is -0.112. The molecular formula is C30H28N2O7S. The molecule has 0 spiro atoms. The maximum absolute atomic E-state index is 13.1. The summed E-state index contributed by atoms with van der Waals surface area (Å²) in [6, 6.07) is 13.3. The molecule has 0 radical (unpaired) electrons. The zero-order valence-corrected chi connectivity index (χ0v) is 22.9. The van der Waals surface area contributed by atoms with Gasteiger partial charge in [0.25, 0.3) is 5.91 Å². The number of esters is 1. The summed E-state index contributed by atoms with van der Waals surface area (Å²) in [6.07, 6.45) is 4.99. The first-order valence-corrected chi connectivity index (χ1v) is 13.5. The molecule has 4 rings (SSSR count). The first kappa shape index (κ1) is 28.4. The third-order valence-corrected chi connectivity index (χ3v) is 7.52. The van der Waals surface area contributed by atoms with E-state index in [1.165, 1.54) is 36.7 Å². The van der Waals surface area contributed by atoms with Crippen LogP contribution >= 0.6 is 11.3 Å².